The van der Waals surface area contributed by atoms with Crippen molar-refractivity contribution in [1.82, 2.24) is 19.8 Å². The Kier molecular flexibility index (Phi) is 20.1. The molecule has 2 atom stereocenters. The van der Waals surface area contributed by atoms with Gasteiger partial charge in [0.2, 0.25) is 0 Å². The normalized spacial score (nSPS) is 18.1. The molecule has 2 aromatic carbocycles. The summed E-state index contributed by atoms with van der Waals surface area (Å²) < 4.78 is 38.9. The molecule has 2 aromatic heterocycles. The SMILES string of the molecule is C.C.CC(C)(C)OC(=O)N1CCC(C2c3ccc(Cl)cc3C(CCCO)=Cc3cccnc32)CC1.CC(C)(C)OC(=O)N1CCC(C2c3ccc(Cl)cc3C(CCCOS(C)(=O)=O)=Cc3cccnc32)CC1. The number of carbonyl (C=O) groups is 2. The van der Waals surface area contributed by atoms with Gasteiger partial charge in [0.05, 0.1) is 24.3 Å². The van der Waals surface area contributed by atoms with Gasteiger partial charge in [0.1, 0.15) is 11.2 Å². The van der Waals surface area contributed by atoms with Gasteiger partial charge in [0, 0.05) is 67.1 Å². The zero-order valence-corrected chi connectivity index (χ0v) is 43.9. The van der Waals surface area contributed by atoms with E-state index < -0.39 is 21.3 Å². The average molecular weight is 1050 g/mol. The number of aliphatic hydroxyl groups is 1. The van der Waals surface area contributed by atoms with Gasteiger partial charge in [0.25, 0.3) is 10.1 Å². The summed E-state index contributed by atoms with van der Waals surface area (Å²) in [6.45, 7) is 14.2. The highest BCUT2D eigenvalue weighted by molar-refractivity contribution is 7.85. The Hall–Kier alpha value is -4.79. The lowest BCUT2D eigenvalue weighted by Gasteiger charge is -2.37. The monoisotopic (exact) mass is 1050 g/mol. The smallest absolute Gasteiger partial charge is 0.410 e. The number of hydrogen-bond acceptors (Lipinski definition) is 10. The average Bonchev–Trinajstić information content (AvgIpc) is 3.52. The van der Waals surface area contributed by atoms with Crippen LogP contribution in [0.25, 0.3) is 23.3 Å². The van der Waals surface area contributed by atoms with Crippen molar-refractivity contribution < 1.29 is 36.8 Å². The van der Waals surface area contributed by atoms with E-state index in [9.17, 15) is 23.1 Å². The molecular formula is C57H76Cl2N4O8S. The standard InChI is InChI=1S/C28H35ClN2O5S.C27H33ClN2O3.2CH4/c1-28(2,3)36-27(32)31-14-11-19(12-15-31)25-23-10-9-22(29)18-24(23)20(8-6-16-35-37(4,33)34)17-21-7-5-13-30-26(21)25;1-27(2,3)33-26(32)30-13-10-18(11-14-30)24-22-9-8-21(28)17-23(22)19(7-5-15-31)16-20-6-4-12-29-25(20)24;;/h5,7,9-10,13,17-19,25H,6,8,11-12,14-16H2,1-4H3;4,6,8-9,12,16-18,24,31H,5,7,10-11,13-15H2,1-3H3;2*1H4. The van der Waals surface area contributed by atoms with Crippen molar-refractivity contribution in [1.29, 1.82) is 0 Å². The van der Waals surface area contributed by atoms with Gasteiger partial charge >= 0.3 is 12.2 Å². The van der Waals surface area contributed by atoms with Crippen molar-refractivity contribution >= 4 is 68.8 Å². The minimum absolute atomic E-state index is 0. The summed E-state index contributed by atoms with van der Waals surface area (Å²) in [7, 11) is -3.48. The fourth-order valence-corrected chi connectivity index (χ4v) is 11.0. The number of hydrogen-bond donors (Lipinski definition) is 1. The first-order valence-corrected chi connectivity index (χ1v) is 27.1. The highest BCUT2D eigenvalue weighted by Gasteiger charge is 2.38. The van der Waals surface area contributed by atoms with Gasteiger partial charge < -0.3 is 24.4 Å². The van der Waals surface area contributed by atoms with E-state index in [2.05, 4.69) is 42.5 Å². The number of pyridine rings is 2. The van der Waals surface area contributed by atoms with Gasteiger partial charge in [-0.05, 0) is 198 Å². The second-order valence-electron chi connectivity index (χ2n) is 20.8. The molecule has 2 aliphatic heterocycles. The third-order valence-corrected chi connectivity index (χ3v) is 14.3. The number of amides is 2. The molecule has 4 heterocycles. The van der Waals surface area contributed by atoms with Crippen molar-refractivity contribution in [3.8, 4) is 0 Å². The number of benzene rings is 2. The number of nitrogens with zero attached hydrogens (tertiary/aromatic N) is 4. The van der Waals surface area contributed by atoms with E-state index in [1.165, 1.54) is 11.1 Å². The van der Waals surface area contributed by atoms with Crippen LogP contribution in [0.2, 0.25) is 10.0 Å². The van der Waals surface area contributed by atoms with Crippen molar-refractivity contribution in [2.75, 3.05) is 45.6 Å². The van der Waals surface area contributed by atoms with E-state index in [4.69, 9.17) is 46.8 Å². The van der Waals surface area contributed by atoms with Crippen LogP contribution >= 0.6 is 23.2 Å². The molecule has 4 aromatic rings. The lowest BCUT2D eigenvalue weighted by atomic mass is 9.76. The quantitative estimate of drug-likeness (QED) is 0.120. The Labute approximate surface area is 439 Å². The summed E-state index contributed by atoms with van der Waals surface area (Å²) in [4.78, 5) is 38.5. The molecule has 12 nitrogen and oxygen atoms in total. The number of fused-ring (bicyclic) bond motifs is 4. The summed E-state index contributed by atoms with van der Waals surface area (Å²) in [5.74, 6) is 0.804. The van der Waals surface area contributed by atoms with Gasteiger partial charge in [-0.25, -0.2) is 9.59 Å². The van der Waals surface area contributed by atoms with Crippen LogP contribution in [0.1, 0.15) is 164 Å². The molecule has 392 valence electrons. The predicted molar refractivity (Wildman–Crippen MR) is 292 cm³/mol. The molecule has 1 N–H and O–H groups in total. The molecule has 0 spiro atoms. The maximum Gasteiger partial charge on any atom is 0.410 e. The number of rotatable bonds is 10. The van der Waals surface area contributed by atoms with Crippen LogP contribution in [-0.4, -0.2) is 102 Å². The Morgan fingerprint density at radius 1 is 0.667 bits per heavy atom. The lowest BCUT2D eigenvalue weighted by molar-refractivity contribution is 0.0167. The van der Waals surface area contributed by atoms with E-state index in [0.29, 0.717) is 61.4 Å². The first-order chi connectivity index (χ1) is 33.2. The van der Waals surface area contributed by atoms with E-state index in [-0.39, 0.29) is 58.0 Å². The zero-order valence-electron chi connectivity index (χ0n) is 41.5. The molecular weight excluding hydrogens is 972 g/mol. The van der Waals surface area contributed by atoms with Gasteiger partial charge in [0.15, 0.2) is 0 Å². The second kappa shape index (κ2) is 25.0. The first-order valence-electron chi connectivity index (χ1n) is 24.5. The minimum Gasteiger partial charge on any atom is -0.444 e. The van der Waals surface area contributed by atoms with Crippen LogP contribution in [0.4, 0.5) is 9.59 Å². The Balaban J connectivity index is 0.000000262. The second-order valence-corrected chi connectivity index (χ2v) is 23.3. The molecule has 2 unspecified atom stereocenters. The Bertz CT molecular complexity index is 2680. The largest absolute Gasteiger partial charge is 0.444 e. The summed E-state index contributed by atoms with van der Waals surface area (Å²) >= 11 is 12.9. The third kappa shape index (κ3) is 15.2. The van der Waals surface area contributed by atoms with Crippen LogP contribution in [0.5, 0.6) is 0 Å². The fourth-order valence-electron chi connectivity index (χ4n) is 10.2. The summed E-state index contributed by atoms with van der Waals surface area (Å²) in [5.41, 5.74) is 10.1. The predicted octanol–water partition coefficient (Wildman–Crippen LogP) is 13.5. The van der Waals surface area contributed by atoms with Gasteiger partial charge in [-0.15, -0.1) is 0 Å². The number of halogens is 2. The van der Waals surface area contributed by atoms with Crippen molar-refractivity contribution in [3.63, 3.8) is 0 Å². The van der Waals surface area contributed by atoms with E-state index >= 15 is 0 Å². The van der Waals surface area contributed by atoms with Crippen LogP contribution in [0.15, 0.2) is 73.1 Å². The minimum atomic E-state index is -3.48. The third-order valence-electron chi connectivity index (χ3n) is 13.2. The van der Waals surface area contributed by atoms with Crippen molar-refractivity contribution in [2.45, 2.75) is 131 Å². The maximum atomic E-state index is 12.6. The summed E-state index contributed by atoms with van der Waals surface area (Å²) in [5, 5.41) is 10.8. The van der Waals surface area contributed by atoms with Crippen LogP contribution < -0.4 is 0 Å². The van der Waals surface area contributed by atoms with Crippen LogP contribution in [0.3, 0.4) is 0 Å². The molecule has 0 radical (unpaired) electrons. The molecule has 2 amide bonds. The Morgan fingerprint density at radius 3 is 1.44 bits per heavy atom. The molecule has 8 rings (SSSR count). The lowest BCUT2D eigenvalue weighted by Crippen LogP contribution is -2.42. The summed E-state index contributed by atoms with van der Waals surface area (Å²) in [6.07, 6.45) is 14.7. The van der Waals surface area contributed by atoms with Crippen molar-refractivity contribution in [2.24, 2.45) is 11.8 Å². The molecule has 4 aliphatic rings. The molecule has 0 bridgehead atoms. The van der Waals surface area contributed by atoms with Gasteiger partial charge in [-0.3, -0.25) is 14.2 Å². The van der Waals surface area contributed by atoms with E-state index in [1.54, 1.807) is 4.90 Å². The number of ether oxygens (including phenoxy) is 2. The van der Waals surface area contributed by atoms with E-state index in [0.717, 1.165) is 83.1 Å². The number of aromatic nitrogens is 2. The topological polar surface area (TPSA) is 148 Å². The number of aliphatic hydroxyl groups excluding tert-OH is 1. The molecule has 2 fully saturated rings. The maximum absolute atomic E-state index is 12.6. The van der Waals surface area contributed by atoms with Crippen LogP contribution in [-0.2, 0) is 23.8 Å². The molecule has 2 saturated heterocycles. The number of allylic oxidation sites excluding steroid dienone is 2. The summed E-state index contributed by atoms with van der Waals surface area (Å²) in [6, 6.07) is 20.3. The van der Waals surface area contributed by atoms with E-state index in [1.807, 2.05) is 89.2 Å². The number of piperidine rings is 2. The van der Waals surface area contributed by atoms with Gasteiger partial charge in [-0.2, -0.15) is 8.42 Å². The van der Waals surface area contributed by atoms with Gasteiger partial charge in [-0.1, -0.05) is 62.3 Å². The highest BCUT2D eigenvalue weighted by Crippen LogP contribution is 2.47. The molecule has 2 aliphatic carbocycles. The number of likely N-dealkylation sites (tertiary alicyclic amines) is 2. The Morgan fingerprint density at radius 2 is 1.07 bits per heavy atom. The molecule has 15 heteroatoms. The zero-order chi connectivity index (χ0) is 50.4. The first kappa shape index (κ1) is 58.1. The highest BCUT2D eigenvalue weighted by atomic mass is 35.5. The van der Waals surface area contributed by atoms with Crippen molar-refractivity contribution in [3.05, 3.63) is 128 Å². The molecule has 72 heavy (non-hydrogen) atoms. The fraction of sp³-hybridized carbons (Fsp3) is 0.509. The molecule has 0 saturated carbocycles. The number of carbonyl (C=O) groups excluding carboxylic acids is 2. The van der Waals surface area contributed by atoms with Crippen LogP contribution in [0, 0.1) is 11.8 Å².